The second kappa shape index (κ2) is 19.9. The minimum atomic E-state index is -2.10. The number of carbonyl (C=O) groups excluding carboxylic acids is 1. The molecule has 0 saturated carbocycles. The molecule has 0 bridgehead atoms. The fraction of sp³-hybridized carbons (Fsp3) is 0.429. The third-order valence-corrected chi connectivity index (χ3v) is 10.9. The van der Waals surface area contributed by atoms with Crippen LogP contribution in [0.1, 0.15) is 5.56 Å². The molecule has 0 spiro atoms. The van der Waals surface area contributed by atoms with Crippen LogP contribution in [0.4, 0.5) is 0 Å². The third-order valence-electron chi connectivity index (χ3n) is 10.9. The van der Waals surface area contributed by atoms with Crippen molar-refractivity contribution in [3.63, 3.8) is 0 Å². The van der Waals surface area contributed by atoms with Crippen LogP contribution in [0.2, 0.25) is 0 Å². The Morgan fingerprint density at radius 2 is 1.15 bits per heavy atom. The molecule has 7 rings (SSSR count). The van der Waals surface area contributed by atoms with Gasteiger partial charge in [0.1, 0.15) is 95.0 Å². The standard InChI is InChI=1S/C42H46O23/c43-13-23-28(50)32(54)35(57)40(60-23)58-20-11-21(48)27-22(12-20)59-36(17-4-8-19(47)9-5-17)37(31(27)53)64-42-39(34(56)30(52)25(15-45)62-42)65-41-38(33(55)29(51)24(14-44)61-41)63-26(49)10-3-16-1-6-18(46)7-2-16/h1-12,23-25,28-30,32-35,38-48,50-52,54-57H,13-15H2/b10-3+/t23-,24?,25?,28+,29+,30+,32?,33?,34-,35?,38?,39?,40+,41-,42-/m0/s1. The Morgan fingerprint density at radius 1 is 0.615 bits per heavy atom. The lowest BCUT2D eigenvalue weighted by Crippen LogP contribution is -2.65. The normalized spacial score (nSPS) is 32.9. The lowest BCUT2D eigenvalue weighted by molar-refractivity contribution is -0.358. The number of benzene rings is 3. The number of hydrogen-bond donors (Lipinski definition) is 13. The SMILES string of the molecule is O=C(/C=C/c1ccc(O)cc1)OC1C(O)[C@H](O)C(CO)O[C@H]1OC1[C@H](Oc2c(-c3ccc(O)cc3)oc3cc(O[C@@H]4O[C@@H](CO)[C@@H](O)C(O)C4O)cc(O)c3c2=O)OC(CO)[C@@H](O)[C@@H]1O. The van der Waals surface area contributed by atoms with E-state index in [1.165, 1.54) is 54.6 Å². The van der Waals surface area contributed by atoms with Crippen molar-refractivity contribution >= 4 is 23.0 Å². The van der Waals surface area contributed by atoms with Crippen LogP contribution in [0.15, 0.2) is 76.0 Å². The first kappa shape index (κ1) is 47.5. The van der Waals surface area contributed by atoms with Gasteiger partial charge < -0.3 is 104 Å². The number of aromatic hydroxyl groups is 3. The Bertz CT molecular complexity index is 2350. The van der Waals surface area contributed by atoms with Gasteiger partial charge in [0.15, 0.2) is 24.3 Å². The van der Waals surface area contributed by atoms with Crippen molar-refractivity contribution in [3.8, 4) is 40.1 Å². The molecule has 23 nitrogen and oxygen atoms in total. The van der Waals surface area contributed by atoms with Crippen LogP contribution in [0, 0.1) is 0 Å². The van der Waals surface area contributed by atoms with E-state index in [9.17, 15) is 76.0 Å². The predicted octanol–water partition coefficient (Wildman–Crippen LogP) is -2.98. The molecule has 0 aliphatic carbocycles. The summed E-state index contributed by atoms with van der Waals surface area (Å²) in [6, 6.07) is 12.6. The van der Waals surface area contributed by atoms with Gasteiger partial charge in [-0.2, -0.15) is 0 Å². The van der Waals surface area contributed by atoms with Crippen molar-refractivity contribution in [2.75, 3.05) is 19.8 Å². The summed E-state index contributed by atoms with van der Waals surface area (Å²) in [7, 11) is 0. The van der Waals surface area contributed by atoms with Gasteiger partial charge in [0.25, 0.3) is 0 Å². The van der Waals surface area contributed by atoms with E-state index >= 15 is 0 Å². The van der Waals surface area contributed by atoms with E-state index in [1.54, 1.807) is 0 Å². The lowest BCUT2D eigenvalue weighted by Gasteiger charge is -2.46. The summed E-state index contributed by atoms with van der Waals surface area (Å²) in [6.07, 6.45) is -25.4. The highest BCUT2D eigenvalue weighted by atomic mass is 16.8. The monoisotopic (exact) mass is 918 g/mol. The molecule has 7 unspecified atom stereocenters. The number of hydrogen-bond acceptors (Lipinski definition) is 23. The number of esters is 1. The number of fused-ring (bicyclic) bond motifs is 1. The van der Waals surface area contributed by atoms with E-state index < -0.39 is 152 Å². The summed E-state index contributed by atoms with van der Waals surface area (Å²) < 4.78 is 46.0. The molecule has 65 heavy (non-hydrogen) atoms. The molecular formula is C42H46O23. The van der Waals surface area contributed by atoms with Gasteiger partial charge >= 0.3 is 5.97 Å². The van der Waals surface area contributed by atoms with Crippen LogP contribution < -0.4 is 14.9 Å². The number of aliphatic hydroxyl groups excluding tert-OH is 10. The molecule has 4 aromatic rings. The van der Waals surface area contributed by atoms with E-state index in [2.05, 4.69) is 0 Å². The number of aliphatic hydroxyl groups is 10. The van der Waals surface area contributed by atoms with Gasteiger partial charge in [-0.3, -0.25) is 4.79 Å². The molecule has 0 radical (unpaired) electrons. The van der Waals surface area contributed by atoms with Gasteiger partial charge in [-0.25, -0.2) is 4.79 Å². The molecule has 3 saturated heterocycles. The van der Waals surface area contributed by atoms with Crippen LogP contribution >= 0.6 is 0 Å². The molecule has 0 amide bonds. The first-order chi connectivity index (χ1) is 31.0. The number of rotatable bonds is 13. The molecule has 23 heteroatoms. The summed E-state index contributed by atoms with van der Waals surface area (Å²) in [5.41, 5.74) is -1.04. The Labute approximate surface area is 365 Å². The molecule has 1 aromatic heterocycles. The minimum Gasteiger partial charge on any atom is -0.508 e. The van der Waals surface area contributed by atoms with Gasteiger partial charge in [-0.1, -0.05) is 12.1 Å². The summed E-state index contributed by atoms with van der Waals surface area (Å²) in [5, 5.41) is 135. The summed E-state index contributed by atoms with van der Waals surface area (Å²) in [6.45, 7) is -2.63. The molecule has 13 N–H and O–H groups in total. The van der Waals surface area contributed by atoms with Gasteiger partial charge in [-0.05, 0) is 48.0 Å². The first-order valence-corrected chi connectivity index (χ1v) is 19.9. The number of ether oxygens (including phenoxy) is 7. The van der Waals surface area contributed by atoms with E-state index in [0.29, 0.717) is 5.56 Å². The van der Waals surface area contributed by atoms with Crippen LogP contribution in [0.5, 0.6) is 28.7 Å². The molecule has 4 heterocycles. The molecule has 352 valence electrons. The van der Waals surface area contributed by atoms with E-state index in [0.717, 1.165) is 18.2 Å². The fourth-order valence-corrected chi connectivity index (χ4v) is 7.32. The number of phenols is 3. The van der Waals surface area contributed by atoms with Gasteiger partial charge in [0.05, 0.1) is 19.8 Å². The summed E-state index contributed by atoms with van der Waals surface area (Å²) in [5.74, 6) is -3.71. The quantitative estimate of drug-likeness (QED) is 0.0470. The van der Waals surface area contributed by atoms with Crippen molar-refractivity contribution in [1.82, 2.24) is 0 Å². The minimum absolute atomic E-state index is 0.0370. The lowest BCUT2D eigenvalue weighted by atomic mass is 9.97. The Kier molecular flexibility index (Phi) is 14.6. The van der Waals surface area contributed by atoms with Gasteiger partial charge in [0.2, 0.25) is 23.8 Å². The average Bonchev–Trinajstić information content (AvgIpc) is 3.29. The summed E-state index contributed by atoms with van der Waals surface area (Å²) in [4.78, 5) is 27.5. The smallest absolute Gasteiger partial charge is 0.331 e. The van der Waals surface area contributed by atoms with E-state index in [1.807, 2.05) is 0 Å². The maximum absolute atomic E-state index is 14.5. The molecule has 3 aromatic carbocycles. The number of phenolic OH excluding ortho intramolecular Hbond substituents is 3. The van der Waals surface area contributed by atoms with Crippen LogP contribution in [0.3, 0.4) is 0 Å². The van der Waals surface area contributed by atoms with Crippen LogP contribution in [-0.2, 0) is 28.5 Å². The second-order valence-electron chi connectivity index (χ2n) is 15.2. The zero-order chi connectivity index (χ0) is 46.9. The number of carbonyl (C=O) groups is 1. The van der Waals surface area contributed by atoms with Crippen molar-refractivity contribution in [2.24, 2.45) is 0 Å². The Morgan fingerprint density at radius 3 is 1.75 bits per heavy atom. The van der Waals surface area contributed by atoms with Crippen molar-refractivity contribution in [1.29, 1.82) is 0 Å². The van der Waals surface area contributed by atoms with Crippen molar-refractivity contribution in [2.45, 2.75) is 92.1 Å². The topological polar surface area (TPSA) is 375 Å². The molecular weight excluding hydrogens is 872 g/mol. The predicted molar refractivity (Wildman–Crippen MR) is 214 cm³/mol. The zero-order valence-electron chi connectivity index (χ0n) is 33.6. The molecule has 3 aliphatic rings. The van der Waals surface area contributed by atoms with Crippen LogP contribution in [-0.4, -0.2) is 184 Å². The highest BCUT2D eigenvalue weighted by Crippen LogP contribution is 2.39. The molecule has 15 atom stereocenters. The van der Waals surface area contributed by atoms with Gasteiger partial charge in [-0.15, -0.1) is 0 Å². The zero-order valence-corrected chi connectivity index (χ0v) is 33.6. The molecule has 3 fully saturated rings. The van der Waals surface area contributed by atoms with E-state index in [4.69, 9.17) is 37.6 Å². The van der Waals surface area contributed by atoms with Crippen molar-refractivity contribution < 1.29 is 109 Å². The largest absolute Gasteiger partial charge is 0.508 e. The van der Waals surface area contributed by atoms with Crippen molar-refractivity contribution in [3.05, 3.63) is 82.5 Å². The Hall–Kier alpha value is -5.48. The van der Waals surface area contributed by atoms with Gasteiger partial charge in [0, 0.05) is 23.8 Å². The van der Waals surface area contributed by atoms with Crippen LogP contribution in [0.25, 0.3) is 28.4 Å². The first-order valence-electron chi connectivity index (χ1n) is 19.9. The maximum Gasteiger partial charge on any atom is 0.331 e. The Balaban J connectivity index is 1.25. The average molecular weight is 919 g/mol. The van der Waals surface area contributed by atoms with E-state index in [-0.39, 0.29) is 22.8 Å². The highest BCUT2D eigenvalue weighted by molar-refractivity contribution is 5.88. The summed E-state index contributed by atoms with van der Waals surface area (Å²) >= 11 is 0. The third kappa shape index (κ3) is 9.89. The second-order valence-corrected chi connectivity index (χ2v) is 15.2. The maximum atomic E-state index is 14.5. The fourth-order valence-electron chi connectivity index (χ4n) is 7.32. The highest BCUT2D eigenvalue weighted by Gasteiger charge is 2.53. The molecule has 3 aliphatic heterocycles.